The van der Waals surface area contributed by atoms with E-state index in [0.29, 0.717) is 23.6 Å². The molecule has 0 aromatic carbocycles. The van der Waals surface area contributed by atoms with Gasteiger partial charge in [-0.25, -0.2) is 0 Å². The second-order valence-corrected chi connectivity index (χ2v) is 8.87. The predicted octanol–water partition coefficient (Wildman–Crippen LogP) is 3.34. The molecule has 0 unspecified atom stereocenters. The van der Waals surface area contributed by atoms with Gasteiger partial charge in [0.2, 0.25) is 11.8 Å². The van der Waals surface area contributed by atoms with E-state index in [1.165, 1.54) is 32.1 Å². The third-order valence-corrected chi connectivity index (χ3v) is 7.30. The van der Waals surface area contributed by atoms with Crippen molar-refractivity contribution in [1.29, 1.82) is 0 Å². The number of nitrogens with zero attached hydrogens (tertiary/aromatic N) is 2. The molecule has 5 aliphatic carbocycles. The highest BCUT2D eigenvalue weighted by Gasteiger charge is 2.52. The Balaban J connectivity index is 1.39. The quantitative estimate of drug-likeness (QED) is 0.923. The minimum absolute atomic E-state index is 0.225. The highest BCUT2D eigenvalue weighted by atomic mass is 16.5. The molecule has 1 aromatic rings. The summed E-state index contributed by atoms with van der Waals surface area (Å²) in [4.78, 5) is 17.7. The minimum Gasteiger partial charge on any atom is -0.343 e. The topological polar surface area (TPSA) is 68.0 Å². The second kappa shape index (κ2) is 5.30. The Labute approximate surface area is 143 Å². The lowest BCUT2D eigenvalue weighted by Crippen LogP contribution is -2.55. The SMILES string of the molecule is Cc1nc(C2(NC(=O)C3C4CC5CC(C4)CC3C5)CCCC2)no1. The van der Waals surface area contributed by atoms with Crippen molar-refractivity contribution < 1.29 is 9.32 Å². The van der Waals surface area contributed by atoms with Gasteiger partial charge in [-0.1, -0.05) is 18.0 Å². The molecule has 24 heavy (non-hydrogen) atoms. The van der Waals surface area contributed by atoms with Crippen molar-refractivity contribution in [3.05, 3.63) is 11.7 Å². The maximum Gasteiger partial charge on any atom is 0.224 e. The molecular formula is C19H27N3O2. The summed E-state index contributed by atoms with van der Waals surface area (Å²) < 4.78 is 5.21. The lowest BCUT2D eigenvalue weighted by molar-refractivity contribution is -0.140. The summed E-state index contributed by atoms with van der Waals surface area (Å²) in [6, 6.07) is 0. The molecule has 5 heteroatoms. The van der Waals surface area contributed by atoms with Gasteiger partial charge in [-0.2, -0.15) is 4.98 Å². The Bertz CT molecular complexity index is 619. The van der Waals surface area contributed by atoms with Gasteiger partial charge in [0.15, 0.2) is 5.82 Å². The van der Waals surface area contributed by atoms with E-state index in [9.17, 15) is 4.79 Å². The van der Waals surface area contributed by atoms with E-state index in [0.717, 1.165) is 37.5 Å². The van der Waals surface area contributed by atoms with Gasteiger partial charge in [-0.05, 0) is 68.6 Å². The second-order valence-electron chi connectivity index (χ2n) is 8.87. The van der Waals surface area contributed by atoms with Crippen LogP contribution in [0.25, 0.3) is 0 Å². The number of aromatic nitrogens is 2. The van der Waals surface area contributed by atoms with Crippen LogP contribution in [0.4, 0.5) is 0 Å². The van der Waals surface area contributed by atoms with E-state index in [2.05, 4.69) is 15.5 Å². The fourth-order valence-corrected chi connectivity index (χ4v) is 6.55. The third-order valence-electron chi connectivity index (χ3n) is 7.30. The van der Waals surface area contributed by atoms with Crippen LogP contribution in [0, 0.1) is 36.5 Å². The van der Waals surface area contributed by atoms with Crippen LogP contribution in [0.2, 0.25) is 0 Å². The predicted molar refractivity (Wildman–Crippen MR) is 87.9 cm³/mol. The largest absolute Gasteiger partial charge is 0.343 e. The first-order chi connectivity index (χ1) is 11.6. The third kappa shape index (κ3) is 2.23. The van der Waals surface area contributed by atoms with E-state index < -0.39 is 0 Å². The maximum atomic E-state index is 13.3. The molecule has 5 nitrogen and oxygen atoms in total. The summed E-state index contributed by atoms with van der Waals surface area (Å²) in [5.74, 6) is 4.80. The monoisotopic (exact) mass is 329 g/mol. The van der Waals surface area contributed by atoms with E-state index in [1.54, 1.807) is 0 Å². The molecule has 4 bridgehead atoms. The fraction of sp³-hybridized carbons (Fsp3) is 0.842. The van der Waals surface area contributed by atoms with Gasteiger partial charge in [-0.3, -0.25) is 4.79 Å². The Hall–Kier alpha value is -1.39. The van der Waals surface area contributed by atoms with Gasteiger partial charge in [0.1, 0.15) is 5.54 Å². The maximum absolute atomic E-state index is 13.3. The van der Waals surface area contributed by atoms with Crippen LogP contribution in [-0.2, 0) is 10.3 Å². The Kier molecular flexibility index (Phi) is 3.29. The van der Waals surface area contributed by atoms with Gasteiger partial charge < -0.3 is 9.84 Å². The normalized spacial score (nSPS) is 39.3. The number of hydrogen-bond acceptors (Lipinski definition) is 4. The number of amides is 1. The van der Waals surface area contributed by atoms with Gasteiger partial charge in [-0.15, -0.1) is 0 Å². The summed E-state index contributed by atoms with van der Waals surface area (Å²) in [5.41, 5.74) is -0.385. The molecule has 5 fully saturated rings. The molecule has 1 aromatic heterocycles. The molecule has 5 aliphatic rings. The first-order valence-electron chi connectivity index (χ1n) is 9.76. The molecule has 1 heterocycles. The molecular weight excluding hydrogens is 302 g/mol. The van der Waals surface area contributed by atoms with Crippen molar-refractivity contribution in [2.75, 3.05) is 0 Å². The van der Waals surface area contributed by atoms with Gasteiger partial charge in [0.25, 0.3) is 0 Å². The Morgan fingerprint density at radius 2 is 1.71 bits per heavy atom. The number of hydrogen-bond donors (Lipinski definition) is 1. The van der Waals surface area contributed by atoms with Crippen LogP contribution in [0.5, 0.6) is 0 Å². The molecule has 0 spiro atoms. The number of aryl methyl sites for hydroxylation is 1. The van der Waals surface area contributed by atoms with Crippen LogP contribution in [0.15, 0.2) is 4.52 Å². The fourth-order valence-electron chi connectivity index (χ4n) is 6.55. The van der Waals surface area contributed by atoms with E-state index >= 15 is 0 Å². The number of carbonyl (C=O) groups is 1. The van der Waals surface area contributed by atoms with Crippen LogP contribution in [0.3, 0.4) is 0 Å². The van der Waals surface area contributed by atoms with Crippen molar-refractivity contribution in [2.24, 2.45) is 29.6 Å². The van der Waals surface area contributed by atoms with E-state index in [-0.39, 0.29) is 17.4 Å². The molecule has 0 radical (unpaired) electrons. The summed E-state index contributed by atoms with van der Waals surface area (Å²) in [5, 5.41) is 7.58. The molecule has 5 saturated carbocycles. The lowest BCUT2D eigenvalue weighted by Gasteiger charge is -2.54. The van der Waals surface area contributed by atoms with Crippen molar-refractivity contribution in [3.63, 3.8) is 0 Å². The number of nitrogens with one attached hydrogen (secondary N) is 1. The molecule has 0 saturated heterocycles. The van der Waals surface area contributed by atoms with Gasteiger partial charge in [0, 0.05) is 12.8 Å². The lowest BCUT2D eigenvalue weighted by atomic mass is 9.51. The molecule has 1 amide bonds. The average Bonchev–Trinajstić information content (AvgIpc) is 3.16. The molecule has 0 aliphatic heterocycles. The zero-order valence-corrected chi connectivity index (χ0v) is 14.5. The van der Waals surface area contributed by atoms with Gasteiger partial charge in [0.05, 0.1) is 0 Å². The van der Waals surface area contributed by atoms with Crippen LogP contribution >= 0.6 is 0 Å². The zero-order valence-electron chi connectivity index (χ0n) is 14.5. The molecule has 130 valence electrons. The Morgan fingerprint density at radius 1 is 1.08 bits per heavy atom. The minimum atomic E-state index is -0.385. The van der Waals surface area contributed by atoms with Crippen molar-refractivity contribution >= 4 is 5.91 Å². The highest BCUT2D eigenvalue weighted by Crippen LogP contribution is 2.56. The molecule has 1 N–H and O–H groups in total. The first kappa shape index (κ1) is 14.9. The van der Waals surface area contributed by atoms with E-state index in [1.807, 2.05) is 6.92 Å². The van der Waals surface area contributed by atoms with E-state index in [4.69, 9.17) is 4.52 Å². The highest BCUT2D eigenvalue weighted by molar-refractivity contribution is 5.80. The van der Waals surface area contributed by atoms with Crippen LogP contribution < -0.4 is 5.32 Å². The van der Waals surface area contributed by atoms with Crippen LogP contribution in [-0.4, -0.2) is 16.0 Å². The average molecular weight is 329 g/mol. The summed E-state index contributed by atoms with van der Waals surface area (Å²) in [7, 11) is 0. The molecule has 6 rings (SSSR count). The zero-order chi connectivity index (χ0) is 16.3. The standard InChI is InChI=1S/C19H27N3O2/c1-11-20-18(22-24-11)19(4-2-3-5-19)21-17(23)16-14-7-12-6-13(9-14)10-15(16)8-12/h12-16H,2-10H2,1H3,(H,21,23). The number of rotatable bonds is 3. The Morgan fingerprint density at radius 3 is 2.25 bits per heavy atom. The first-order valence-corrected chi connectivity index (χ1v) is 9.76. The summed E-state index contributed by atoms with van der Waals surface area (Å²) in [6.45, 7) is 1.82. The van der Waals surface area contributed by atoms with Crippen molar-refractivity contribution in [1.82, 2.24) is 15.5 Å². The van der Waals surface area contributed by atoms with Crippen LogP contribution in [0.1, 0.15) is 69.5 Å². The molecule has 0 atom stereocenters. The van der Waals surface area contributed by atoms with Crippen molar-refractivity contribution in [3.8, 4) is 0 Å². The number of carbonyl (C=O) groups excluding carboxylic acids is 1. The van der Waals surface area contributed by atoms with Gasteiger partial charge >= 0.3 is 0 Å². The smallest absolute Gasteiger partial charge is 0.224 e. The summed E-state index contributed by atoms with van der Waals surface area (Å²) >= 11 is 0. The summed E-state index contributed by atoms with van der Waals surface area (Å²) in [6.07, 6.45) is 10.6. The van der Waals surface area contributed by atoms with Crippen molar-refractivity contribution in [2.45, 2.75) is 70.3 Å².